The third-order valence-electron chi connectivity index (χ3n) is 4.57. The molecule has 33 heavy (non-hydrogen) atoms. The van der Waals surface area contributed by atoms with Gasteiger partial charge in [0.25, 0.3) is 17.5 Å². The summed E-state index contributed by atoms with van der Waals surface area (Å²) in [4.78, 5) is 36.6. The molecule has 0 unspecified atom stereocenters. The minimum Gasteiger partial charge on any atom is -0.401 e. The van der Waals surface area contributed by atoms with E-state index in [4.69, 9.17) is 51.1 Å². The Morgan fingerprint density at radius 2 is 1.42 bits per heavy atom. The molecule has 0 amide bonds. The lowest BCUT2D eigenvalue weighted by Gasteiger charge is -2.06. The number of nitro benzene ring substituents is 1. The number of nitrogens with zero attached hydrogens (tertiary/aromatic N) is 3. The van der Waals surface area contributed by atoms with Gasteiger partial charge in [-0.25, -0.2) is 4.79 Å². The van der Waals surface area contributed by atoms with Crippen LogP contribution in [0.3, 0.4) is 0 Å². The first-order chi connectivity index (χ1) is 15.7. The quantitative estimate of drug-likeness (QED) is 0.172. The van der Waals surface area contributed by atoms with Crippen molar-refractivity contribution in [1.82, 2.24) is 9.78 Å². The van der Waals surface area contributed by atoms with Crippen molar-refractivity contribution in [3.63, 3.8) is 0 Å². The summed E-state index contributed by atoms with van der Waals surface area (Å²) in [6, 6.07) is 12.5. The SMILES string of the molecule is O=C(Oc1nn(C(=O)c2c(Cl)cccc2Cl)c2ccc([N+](=O)[O-])cc12)c1c(Cl)cccc1Cl. The average Bonchev–Trinajstić information content (AvgIpc) is 3.11. The minimum absolute atomic E-state index is 0.0252. The number of benzene rings is 3. The van der Waals surface area contributed by atoms with Crippen LogP contribution in [0.5, 0.6) is 5.88 Å². The monoisotopic (exact) mass is 523 g/mol. The topological polar surface area (TPSA) is 104 Å². The number of aromatic nitrogens is 2. The van der Waals surface area contributed by atoms with Gasteiger partial charge in [0, 0.05) is 12.1 Å². The van der Waals surface area contributed by atoms with Crippen LogP contribution in [0, 0.1) is 10.1 Å². The molecule has 4 aromatic rings. The summed E-state index contributed by atoms with van der Waals surface area (Å²) in [7, 11) is 0. The molecule has 166 valence electrons. The lowest BCUT2D eigenvalue weighted by atomic mass is 10.2. The van der Waals surface area contributed by atoms with Crippen LogP contribution >= 0.6 is 46.4 Å². The lowest BCUT2D eigenvalue weighted by Crippen LogP contribution is -2.15. The number of halogens is 4. The maximum atomic E-state index is 13.2. The van der Waals surface area contributed by atoms with E-state index in [1.807, 2.05) is 0 Å². The molecular formula is C21H9Cl4N3O5. The zero-order valence-electron chi connectivity index (χ0n) is 16.1. The molecule has 0 saturated heterocycles. The molecule has 0 radical (unpaired) electrons. The molecule has 0 bridgehead atoms. The zero-order valence-corrected chi connectivity index (χ0v) is 19.1. The molecule has 0 aliphatic rings. The molecule has 0 aliphatic carbocycles. The summed E-state index contributed by atoms with van der Waals surface area (Å²) in [6.07, 6.45) is 0. The van der Waals surface area contributed by atoms with Crippen LogP contribution in [0.15, 0.2) is 54.6 Å². The van der Waals surface area contributed by atoms with Gasteiger partial charge in [0.05, 0.1) is 47.0 Å². The van der Waals surface area contributed by atoms with Gasteiger partial charge in [-0.2, -0.15) is 4.68 Å². The van der Waals surface area contributed by atoms with Crippen molar-refractivity contribution in [1.29, 1.82) is 0 Å². The number of carbonyl (C=O) groups excluding carboxylic acids is 2. The molecule has 0 fully saturated rings. The summed E-state index contributed by atoms with van der Waals surface area (Å²) >= 11 is 24.4. The number of rotatable bonds is 4. The Kier molecular flexibility index (Phi) is 6.27. The summed E-state index contributed by atoms with van der Waals surface area (Å²) in [6.45, 7) is 0. The van der Waals surface area contributed by atoms with Crippen molar-refractivity contribution in [3.05, 3.63) is 95.9 Å². The maximum Gasteiger partial charge on any atom is 0.347 e. The van der Waals surface area contributed by atoms with Gasteiger partial charge in [0.15, 0.2) is 0 Å². The van der Waals surface area contributed by atoms with Crippen LogP contribution < -0.4 is 4.74 Å². The Balaban J connectivity index is 1.88. The molecule has 1 heterocycles. The molecule has 12 heteroatoms. The highest BCUT2D eigenvalue weighted by atomic mass is 35.5. The van der Waals surface area contributed by atoms with Crippen LogP contribution in [0.2, 0.25) is 20.1 Å². The van der Waals surface area contributed by atoms with E-state index in [1.54, 1.807) is 12.1 Å². The number of carbonyl (C=O) groups is 2. The molecule has 8 nitrogen and oxygen atoms in total. The van der Waals surface area contributed by atoms with Gasteiger partial charge in [0.2, 0.25) is 0 Å². The van der Waals surface area contributed by atoms with E-state index in [-0.39, 0.29) is 53.7 Å². The Morgan fingerprint density at radius 3 is 1.97 bits per heavy atom. The maximum absolute atomic E-state index is 13.2. The van der Waals surface area contributed by atoms with E-state index in [0.717, 1.165) is 10.7 Å². The highest BCUT2D eigenvalue weighted by molar-refractivity contribution is 6.40. The number of fused-ring (bicyclic) bond motifs is 1. The second kappa shape index (κ2) is 8.99. The Hall–Kier alpha value is -3.17. The van der Waals surface area contributed by atoms with E-state index >= 15 is 0 Å². The number of esters is 1. The standard InChI is InChI=1S/C21H9Cl4N3O5/c22-12-3-1-4-13(23)17(12)20(29)27-16-8-7-10(28(31)32)9-11(16)19(26-27)33-21(30)18-14(24)5-2-6-15(18)25/h1-9H. The van der Waals surface area contributed by atoms with Crippen LogP contribution in [-0.4, -0.2) is 26.6 Å². The normalized spacial score (nSPS) is 10.9. The van der Waals surface area contributed by atoms with E-state index in [9.17, 15) is 19.7 Å². The largest absolute Gasteiger partial charge is 0.401 e. The third-order valence-corrected chi connectivity index (χ3v) is 5.83. The van der Waals surface area contributed by atoms with Gasteiger partial charge >= 0.3 is 5.97 Å². The smallest absolute Gasteiger partial charge is 0.347 e. The highest BCUT2D eigenvalue weighted by Crippen LogP contribution is 2.33. The number of hydrogen-bond acceptors (Lipinski definition) is 6. The predicted octanol–water partition coefficient (Wildman–Crippen LogP) is 6.47. The molecule has 0 aliphatic heterocycles. The fraction of sp³-hybridized carbons (Fsp3) is 0. The van der Waals surface area contributed by atoms with E-state index in [0.29, 0.717) is 0 Å². The second-order valence-corrected chi connectivity index (χ2v) is 8.19. The lowest BCUT2D eigenvalue weighted by molar-refractivity contribution is -0.384. The first-order valence-corrected chi connectivity index (χ1v) is 10.5. The van der Waals surface area contributed by atoms with Crippen LogP contribution in [-0.2, 0) is 0 Å². The first-order valence-electron chi connectivity index (χ1n) is 9.01. The van der Waals surface area contributed by atoms with Gasteiger partial charge in [0.1, 0.15) is 0 Å². The van der Waals surface area contributed by atoms with Gasteiger partial charge in [-0.1, -0.05) is 58.5 Å². The Morgan fingerprint density at radius 1 is 0.879 bits per heavy atom. The number of hydrogen-bond donors (Lipinski definition) is 0. The van der Waals surface area contributed by atoms with Crippen LogP contribution in [0.25, 0.3) is 10.9 Å². The molecule has 0 N–H and O–H groups in total. The molecule has 1 aromatic heterocycles. The molecule has 0 spiro atoms. The number of nitro groups is 1. The van der Waals surface area contributed by atoms with Gasteiger partial charge in [-0.3, -0.25) is 14.9 Å². The van der Waals surface area contributed by atoms with Gasteiger partial charge in [-0.05, 0) is 30.3 Å². The van der Waals surface area contributed by atoms with Crippen molar-refractivity contribution in [2.75, 3.05) is 0 Å². The minimum atomic E-state index is -0.966. The Bertz CT molecular complexity index is 1430. The zero-order chi connectivity index (χ0) is 23.9. The van der Waals surface area contributed by atoms with E-state index < -0.39 is 16.8 Å². The predicted molar refractivity (Wildman–Crippen MR) is 124 cm³/mol. The number of non-ortho nitro benzene ring substituents is 1. The highest BCUT2D eigenvalue weighted by Gasteiger charge is 2.26. The van der Waals surface area contributed by atoms with Crippen molar-refractivity contribution < 1.29 is 19.2 Å². The molecule has 0 saturated carbocycles. The molecule has 4 rings (SSSR count). The molecule has 3 aromatic carbocycles. The fourth-order valence-corrected chi connectivity index (χ4v) is 4.17. The summed E-state index contributed by atoms with van der Waals surface area (Å²) < 4.78 is 6.25. The Labute approximate surface area is 205 Å². The van der Waals surface area contributed by atoms with E-state index in [1.165, 1.54) is 36.4 Å². The third kappa shape index (κ3) is 4.26. The van der Waals surface area contributed by atoms with Crippen LogP contribution in [0.1, 0.15) is 20.7 Å². The van der Waals surface area contributed by atoms with E-state index in [2.05, 4.69) is 5.10 Å². The second-order valence-electron chi connectivity index (χ2n) is 6.56. The summed E-state index contributed by atoms with van der Waals surface area (Å²) in [5, 5.41) is 15.6. The first kappa shape index (κ1) is 23.0. The van der Waals surface area contributed by atoms with Crippen molar-refractivity contribution in [3.8, 4) is 5.88 Å². The summed E-state index contributed by atoms with van der Waals surface area (Å²) in [5.74, 6) is -2.07. The van der Waals surface area contributed by atoms with Crippen LogP contribution in [0.4, 0.5) is 5.69 Å². The van der Waals surface area contributed by atoms with Crippen molar-refractivity contribution in [2.45, 2.75) is 0 Å². The van der Waals surface area contributed by atoms with Gasteiger partial charge < -0.3 is 4.74 Å². The molecular weight excluding hydrogens is 516 g/mol. The fourth-order valence-electron chi connectivity index (χ4n) is 3.06. The summed E-state index contributed by atoms with van der Waals surface area (Å²) in [5.41, 5.74) is -0.363. The average molecular weight is 525 g/mol. The van der Waals surface area contributed by atoms with Crippen molar-refractivity contribution in [2.24, 2.45) is 0 Å². The number of ether oxygens (including phenoxy) is 1. The molecule has 0 atom stereocenters. The van der Waals surface area contributed by atoms with Gasteiger partial charge in [-0.15, -0.1) is 5.10 Å². The van der Waals surface area contributed by atoms with Crippen molar-refractivity contribution >= 4 is 74.9 Å².